The minimum absolute atomic E-state index is 0.0364. The Bertz CT molecular complexity index is 1040. The van der Waals surface area contributed by atoms with Gasteiger partial charge in [0, 0.05) is 30.3 Å². The summed E-state index contributed by atoms with van der Waals surface area (Å²) in [4.78, 5) is 24.7. The maximum absolute atomic E-state index is 12.9. The number of benzene rings is 3. The molecule has 0 bridgehead atoms. The molecule has 0 aliphatic rings. The standard InChI is InChI=1S/C26H26ClNO4/c1-31-13-14-32-18-23-12-11-22(16-24(23)28-26(30)17-27)25(29)15-19-7-9-21(10-8-19)20-5-3-2-4-6-20/h2-12,16H,13-15,17-18H2,1H3,(H,28,30). The maximum atomic E-state index is 12.9. The lowest BCUT2D eigenvalue weighted by Crippen LogP contribution is -2.15. The van der Waals surface area contributed by atoms with Crippen molar-refractivity contribution in [3.05, 3.63) is 89.5 Å². The number of halogens is 1. The highest BCUT2D eigenvalue weighted by Crippen LogP contribution is 2.22. The number of rotatable bonds is 11. The second-order valence-corrected chi connectivity index (χ2v) is 7.53. The Kier molecular flexibility index (Phi) is 8.99. The van der Waals surface area contributed by atoms with E-state index in [1.807, 2.05) is 42.5 Å². The molecule has 0 fully saturated rings. The second-order valence-electron chi connectivity index (χ2n) is 7.26. The van der Waals surface area contributed by atoms with Crippen LogP contribution in [0.25, 0.3) is 11.1 Å². The van der Waals surface area contributed by atoms with E-state index < -0.39 is 0 Å². The molecule has 0 saturated heterocycles. The molecule has 1 amide bonds. The van der Waals surface area contributed by atoms with E-state index in [0.29, 0.717) is 24.5 Å². The summed E-state index contributed by atoms with van der Waals surface area (Å²) in [5, 5.41) is 2.75. The van der Waals surface area contributed by atoms with E-state index >= 15 is 0 Å². The minimum Gasteiger partial charge on any atom is -0.382 e. The molecule has 0 saturated carbocycles. The van der Waals surface area contributed by atoms with E-state index in [9.17, 15) is 9.59 Å². The molecule has 3 aromatic carbocycles. The molecule has 3 rings (SSSR count). The molecule has 1 N–H and O–H groups in total. The van der Waals surface area contributed by atoms with Crippen LogP contribution in [0.1, 0.15) is 21.5 Å². The zero-order valence-electron chi connectivity index (χ0n) is 18.0. The van der Waals surface area contributed by atoms with Gasteiger partial charge in [-0.25, -0.2) is 0 Å². The minimum atomic E-state index is -0.342. The first kappa shape index (κ1) is 23.7. The van der Waals surface area contributed by atoms with Gasteiger partial charge in [-0.2, -0.15) is 0 Å². The predicted molar refractivity (Wildman–Crippen MR) is 127 cm³/mol. The van der Waals surface area contributed by atoms with Crippen molar-refractivity contribution in [3.63, 3.8) is 0 Å². The summed E-state index contributed by atoms with van der Waals surface area (Å²) in [6.45, 7) is 1.19. The zero-order chi connectivity index (χ0) is 22.8. The van der Waals surface area contributed by atoms with Gasteiger partial charge in [0.15, 0.2) is 5.78 Å². The fourth-order valence-corrected chi connectivity index (χ4v) is 3.30. The first-order valence-corrected chi connectivity index (χ1v) is 10.9. The number of ether oxygens (including phenoxy) is 2. The van der Waals surface area contributed by atoms with Gasteiger partial charge >= 0.3 is 0 Å². The normalized spacial score (nSPS) is 10.7. The number of methoxy groups -OCH3 is 1. The number of carbonyl (C=O) groups is 2. The van der Waals surface area contributed by atoms with Crippen LogP contribution in [-0.2, 0) is 27.3 Å². The number of hydrogen-bond donors (Lipinski definition) is 1. The topological polar surface area (TPSA) is 64.6 Å². The van der Waals surface area contributed by atoms with Crippen molar-refractivity contribution < 1.29 is 19.1 Å². The van der Waals surface area contributed by atoms with Gasteiger partial charge in [-0.3, -0.25) is 9.59 Å². The van der Waals surface area contributed by atoms with Gasteiger partial charge in [-0.1, -0.05) is 66.7 Å². The summed E-state index contributed by atoms with van der Waals surface area (Å²) >= 11 is 5.64. The van der Waals surface area contributed by atoms with E-state index in [1.165, 1.54) is 0 Å². The van der Waals surface area contributed by atoms with Gasteiger partial charge in [-0.15, -0.1) is 11.6 Å². The molecule has 0 aliphatic heterocycles. The molecule has 0 aliphatic carbocycles. The summed E-state index contributed by atoms with van der Waals surface area (Å²) in [5.41, 5.74) is 4.97. The van der Waals surface area contributed by atoms with Crippen LogP contribution >= 0.6 is 11.6 Å². The lowest BCUT2D eigenvalue weighted by molar-refractivity contribution is -0.113. The Balaban J connectivity index is 1.72. The molecule has 0 radical (unpaired) electrons. The van der Waals surface area contributed by atoms with Gasteiger partial charge in [0.25, 0.3) is 0 Å². The van der Waals surface area contributed by atoms with Crippen molar-refractivity contribution in [1.29, 1.82) is 0 Å². The van der Waals surface area contributed by atoms with Gasteiger partial charge in [0.05, 0.1) is 19.8 Å². The number of ketones is 1. The molecule has 5 nitrogen and oxygen atoms in total. The van der Waals surface area contributed by atoms with Crippen LogP contribution in [0, 0.1) is 0 Å². The van der Waals surface area contributed by atoms with Gasteiger partial charge in [-0.05, 0) is 22.8 Å². The first-order chi connectivity index (χ1) is 15.6. The highest BCUT2D eigenvalue weighted by molar-refractivity contribution is 6.29. The highest BCUT2D eigenvalue weighted by Gasteiger charge is 2.13. The van der Waals surface area contributed by atoms with E-state index in [4.69, 9.17) is 21.1 Å². The largest absolute Gasteiger partial charge is 0.382 e. The molecule has 166 valence electrons. The van der Waals surface area contributed by atoms with Crippen LogP contribution in [0.5, 0.6) is 0 Å². The Morgan fingerprint density at radius 3 is 2.31 bits per heavy atom. The number of alkyl halides is 1. The molecule has 0 spiro atoms. The summed E-state index contributed by atoms with van der Waals surface area (Å²) in [6, 6.07) is 23.3. The van der Waals surface area contributed by atoms with Crippen molar-refractivity contribution in [1.82, 2.24) is 0 Å². The smallest absolute Gasteiger partial charge is 0.239 e. The molecular weight excluding hydrogens is 426 g/mol. The Morgan fingerprint density at radius 2 is 1.62 bits per heavy atom. The lowest BCUT2D eigenvalue weighted by Gasteiger charge is -2.13. The third kappa shape index (κ3) is 6.76. The number of Topliss-reactive ketones (excluding diaryl/α,β-unsaturated/α-hetero) is 1. The van der Waals surface area contributed by atoms with Crippen LogP contribution in [0.3, 0.4) is 0 Å². The maximum Gasteiger partial charge on any atom is 0.239 e. The molecule has 32 heavy (non-hydrogen) atoms. The molecule has 6 heteroatoms. The Hall–Kier alpha value is -2.99. The highest BCUT2D eigenvalue weighted by atomic mass is 35.5. The average Bonchev–Trinajstić information content (AvgIpc) is 2.83. The molecular formula is C26H26ClNO4. The Morgan fingerprint density at radius 1 is 0.906 bits per heavy atom. The quantitative estimate of drug-likeness (QED) is 0.249. The fraction of sp³-hybridized carbons (Fsp3) is 0.231. The zero-order valence-corrected chi connectivity index (χ0v) is 18.7. The van der Waals surface area contributed by atoms with Crippen LogP contribution in [-0.4, -0.2) is 37.9 Å². The summed E-state index contributed by atoms with van der Waals surface area (Å²) in [6.07, 6.45) is 0.266. The van der Waals surface area contributed by atoms with Gasteiger partial charge in [0.1, 0.15) is 5.88 Å². The summed E-state index contributed by atoms with van der Waals surface area (Å²) in [5.74, 6) is -0.549. The lowest BCUT2D eigenvalue weighted by atomic mass is 9.98. The third-order valence-corrected chi connectivity index (χ3v) is 5.19. The molecule has 0 unspecified atom stereocenters. The first-order valence-electron chi connectivity index (χ1n) is 10.3. The second kappa shape index (κ2) is 12.2. The number of nitrogens with one attached hydrogen (secondary N) is 1. The van der Waals surface area contributed by atoms with Crippen LogP contribution in [0.4, 0.5) is 5.69 Å². The van der Waals surface area contributed by atoms with Crippen molar-refractivity contribution in [2.45, 2.75) is 13.0 Å². The van der Waals surface area contributed by atoms with E-state index in [-0.39, 0.29) is 30.6 Å². The summed E-state index contributed by atoms with van der Waals surface area (Å²) in [7, 11) is 1.60. The van der Waals surface area contributed by atoms with Crippen LogP contribution in [0.15, 0.2) is 72.8 Å². The monoisotopic (exact) mass is 451 g/mol. The number of carbonyl (C=O) groups excluding carboxylic acids is 2. The molecule has 0 heterocycles. The van der Waals surface area contributed by atoms with Crippen molar-refractivity contribution in [2.24, 2.45) is 0 Å². The molecule has 0 atom stereocenters. The predicted octanol–water partition coefficient (Wildman–Crippen LogP) is 5.12. The fourth-order valence-electron chi connectivity index (χ4n) is 3.23. The third-order valence-electron chi connectivity index (χ3n) is 4.94. The van der Waals surface area contributed by atoms with Crippen LogP contribution in [0.2, 0.25) is 0 Å². The van der Waals surface area contributed by atoms with Crippen molar-refractivity contribution >= 4 is 29.0 Å². The van der Waals surface area contributed by atoms with Crippen molar-refractivity contribution in [2.75, 3.05) is 31.5 Å². The average molecular weight is 452 g/mol. The molecule has 0 aromatic heterocycles. The van der Waals surface area contributed by atoms with E-state index in [1.54, 1.807) is 25.3 Å². The number of amides is 1. The number of hydrogen-bond acceptors (Lipinski definition) is 4. The number of anilines is 1. The van der Waals surface area contributed by atoms with E-state index in [2.05, 4.69) is 17.4 Å². The van der Waals surface area contributed by atoms with Gasteiger partial charge in [0.2, 0.25) is 5.91 Å². The summed E-state index contributed by atoms with van der Waals surface area (Å²) < 4.78 is 10.5. The van der Waals surface area contributed by atoms with E-state index in [0.717, 1.165) is 22.3 Å². The SMILES string of the molecule is COCCOCc1ccc(C(=O)Cc2ccc(-c3ccccc3)cc2)cc1NC(=O)CCl. The van der Waals surface area contributed by atoms with Crippen LogP contribution < -0.4 is 5.32 Å². The van der Waals surface area contributed by atoms with Crippen molar-refractivity contribution in [3.8, 4) is 11.1 Å². The van der Waals surface area contributed by atoms with Gasteiger partial charge < -0.3 is 14.8 Å². The molecule has 3 aromatic rings. The Labute approximate surface area is 193 Å².